The van der Waals surface area contributed by atoms with Crippen molar-refractivity contribution >= 4 is 21.4 Å². The van der Waals surface area contributed by atoms with E-state index in [4.69, 9.17) is 4.74 Å². The molecule has 3 heterocycles. The highest BCUT2D eigenvalue weighted by Crippen LogP contribution is 2.33. The molecule has 6 nitrogen and oxygen atoms in total. The normalized spacial score (nSPS) is 21.4. The van der Waals surface area contributed by atoms with Crippen LogP contribution in [0.5, 0.6) is 0 Å². The molecular weight excluding hydrogens is 382 g/mol. The lowest BCUT2D eigenvalue weighted by atomic mass is 10.3. The summed E-state index contributed by atoms with van der Waals surface area (Å²) in [5.41, 5.74) is 1.31. The number of para-hydroxylation sites is 1. The Morgan fingerprint density at radius 3 is 2.41 bits per heavy atom. The minimum Gasteiger partial charge on any atom is -0.373 e. The fourth-order valence-electron chi connectivity index (χ4n) is 3.31. The van der Waals surface area contributed by atoms with Crippen LogP contribution in [0.25, 0.3) is 16.3 Å². The highest BCUT2D eigenvalue weighted by molar-refractivity contribution is 7.89. The first-order valence-corrected chi connectivity index (χ1v) is 11.1. The third-order valence-corrected chi connectivity index (χ3v) is 7.17. The molecule has 1 fully saturated rings. The van der Waals surface area contributed by atoms with Crippen LogP contribution < -0.4 is 0 Å². The van der Waals surface area contributed by atoms with Gasteiger partial charge in [0.05, 0.1) is 29.0 Å². The summed E-state index contributed by atoms with van der Waals surface area (Å²) < 4.78 is 35.8. The third kappa shape index (κ3) is 3.58. The minimum absolute atomic E-state index is 0.141. The second-order valence-corrected chi connectivity index (χ2v) is 9.53. The fraction of sp³-hybridized carbons (Fsp3) is 0.316. The van der Waals surface area contributed by atoms with Gasteiger partial charge < -0.3 is 4.74 Å². The molecule has 3 aromatic rings. The summed E-state index contributed by atoms with van der Waals surface area (Å²) in [7, 11) is -3.70. The molecule has 142 valence electrons. The number of aromatic nitrogens is 2. The summed E-state index contributed by atoms with van der Waals surface area (Å²) in [5, 5.41) is 6.53. The van der Waals surface area contributed by atoms with Gasteiger partial charge in [-0.2, -0.15) is 9.40 Å². The van der Waals surface area contributed by atoms with Crippen molar-refractivity contribution in [3.8, 4) is 16.3 Å². The van der Waals surface area contributed by atoms with Crippen LogP contribution >= 0.6 is 11.3 Å². The molecule has 1 aliphatic rings. The van der Waals surface area contributed by atoms with Crippen LogP contribution in [0.2, 0.25) is 0 Å². The smallest absolute Gasteiger partial charge is 0.247 e. The van der Waals surface area contributed by atoms with Crippen LogP contribution in [0, 0.1) is 0 Å². The number of benzene rings is 1. The van der Waals surface area contributed by atoms with Gasteiger partial charge in [0.15, 0.2) is 0 Å². The first-order chi connectivity index (χ1) is 12.9. The van der Waals surface area contributed by atoms with E-state index in [2.05, 4.69) is 5.10 Å². The summed E-state index contributed by atoms with van der Waals surface area (Å²) >= 11 is 1.48. The van der Waals surface area contributed by atoms with Crippen LogP contribution in [0.3, 0.4) is 0 Å². The summed E-state index contributed by atoms with van der Waals surface area (Å²) in [4.78, 5) is 1.06. The average molecular weight is 404 g/mol. The molecule has 1 saturated heterocycles. The lowest BCUT2D eigenvalue weighted by molar-refractivity contribution is -0.0440. The van der Waals surface area contributed by atoms with Gasteiger partial charge >= 0.3 is 0 Å². The molecule has 0 radical (unpaired) electrons. The topological polar surface area (TPSA) is 64.4 Å². The van der Waals surface area contributed by atoms with Crippen molar-refractivity contribution < 1.29 is 13.2 Å². The van der Waals surface area contributed by atoms with Gasteiger partial charge in [-0.25, -0.2) is 13.1 Å². The zero-order valence-electron chi connectivity index (χ0n) is 15.1. The third-order valence-electron chi connectivity index (χ3n) is 4.46. The van der Waals surface area contributed by atoms with Crippen LogP contribution in [0.1, 0.15) is 13.8 Å². The molecule has 2 atom stereocenters. The quantitative estimate of drug-likeness (QED) is 0.670. The lowest BCUT2D eigenvalue weighted by Gasteiger charge is -2.34. The Balaban J connectivity index is 1.82. The van der Waals surface area contributed by atoms with Crippen LogP contribution in [0.4, 0.5) is 0 Å². The Morgan fingerprint density at radius 1 is 1.07 bits per heavy atom. The monoisotopic (exact) mass is 403 g/mol. The number of nitrogens with zero attached hydrogens (tertiary/aromatic N) is 3. The molecule has 8 heteroatoms. The molecule has 0 saturated carbocycles. The van der Waals surface area contributed by atoms with Crippen LogP contribution in [-0.4, -0.2) is 47.8 Å². The largest absolute Gasteiger partial charge is 0.373 e. The number of rotatable bonds is 4. The maximum absolute atomic E-state index is 13.5. The zero-order valence-corrected chi connectivity index (χ0v) is 16.8. The van der Waals surface area contributed by atoms with Crippen LogP contribution in [0.15, 0.2) is 58.9 Å². The van der Waals surface area contributed by atoms with E-state index in [1.54, 1.807) is 10.9 Å². The highest BCUT2D eigenvalue weighted by Gasteiger charge is 2.35. The van der Waals surface area contributed by atoms with Gasteiger partial charge in [0, 0.05) is 13.1 Å². The Kier molecular flexibility index (Phi) is 4.90. The molecule has 0 amide bonds. The number of hydrogen-bond donors (Lipinski definition) is 0. The Hall–Kier alpha value is -2.00. The molecule has 1 aromatic carbocycles. The summed E-state index contributed by atoms with van der Waals surface area (Å²) in [5.74, 6) is 0. The lowest BCUT2D eigenvalue weighted by Crippen LogP contribution is -2.48. The zero-order chi connectivity index (χ0) is 19.0. The van der Waals surface area contributed by atoms with Crippen molar-refractivity contribution in [3.63, 3.8) is 0 Å². The molecule has 2 unspecified atom stereocenters. The van der Waals surface area contributed by atoms with E-state index in [-0.39, 0.29) is 17.1 Å². The van der Waals surface area contributed by atoms with Gasteiger partial charge in [-0.15, -0.1) is 11.3 Å². The van der Waals surface area contributed by atoms with E-state index in [1.807, 2.05) is 61.7 Å². The van der Waals surface area contributed by atoms with Crippen molar-refractivity contribution in [2.24, 2.45) is 0 Å². The van der Waals surface area contributed by atoms with Gasteiger partial charge in [-0.05, 0) is 37.4 Å². The molecule has 4 rings (SSSR count). The molecular formula is C19H21N3O3S2. The van der Waals surface area contributed by atoms with E-state index < -0.39 is 10.0 Å². The molecule has 1 aliphatic heterocycles. The van der Waals surface area contributed by atoms with Crippen molar-refractivity contribution in [2.45, 2.75) is 31.0 Å². The summed E-state index contributed by atoms with van der Waals surface area (Å²) in [6.45, 7) is 4.47. The van der Waals surface area contributed by atoms with Gasteiger partial charge in [0.1, 0.15) is 10.6 Å². The van der Waals surface area contributed by atoms with Crippen molar-refractivity contribution in [2.75, 3.05) is 13.1 Å². The predicted octanol–water partition coefficient (Wildman–Crippen LogP) is 3.40. The minimum atomic E-state index is -3.70. The van der Waals surface area contributed by atoms with Crippen molar-refractivity contribution in [1.29, 1.82) is 0 Å². The summed E-state index contributed by atoms with van der Waals surface area (Å²) in [6.07, 6.45) is 1.33. The standard InChI is InChI=1S/C19H21N3O3S2/c1-14-11-21(12-15(2)25-14)27(23,24)18-13-22(16-7-4-3-5-8-16)20-19(18)17-9-6-10-26-17/h3-10,13-15H,11-12H2,1-2H3. The SMILES string of the molecule is CC1CN(S(=O)(=O)c2cn(-c3ccccc3)nc2-c2cccs2)CC(C)O1. The number of morpholine rings is 1. The van der Waals surface area contributed by atoms with E-state index >= 15 is 0 Å². The molecule has 27 heavy (non-hydrogen) atoms. The maximum Gasteiger partial charge on any atom is 0.247 e. The number of hydrogen-bond acceptors (Lipinski definition) is 5. The van der Waals surface area contributed by atoms with Crippen LogP contribution in [-0.2, 0) is 14.8 Å². The average Bonchev–Trinajstić information content (AvgIpc) is 3.31. The fourth-order valence-corrected chi connectivity index (χ4v) is 5.82. The second-order valence-electron chi connectivity index (χ2n) is 6.68. The maximum atomic E-state index is 13.5. The second kappa shape index (κ2) is 7.20. The van der Waals surface area contributed by atoms with Gasteiger partial charge in [0.25, 0.3) is 0 Å². The van der Waals surface area contributed by atoms with E-state index in [9.17, 15) is 8.42 Å². The van der Waals surface area contributed by atoms with Gasteiger partial charge in [-0.1, -0.05) is 24.3 Å². The van der Waals surface area contributed by atoms with E-state index in [1.165, 1.54) is 15.6 Å². The summed E-state index contributed by atoms with van der Waals surface area (Å²) in [6, 6.07) is 13.3. The number of sulfonamides is 1. The van der Waals surface area contributed by atoms with Gasteiger partial charge in [0.2, 0.25) is 10.0 Å². The van der Waals surface area contributed by atoms with Crippen molar-refractivity contribution in [3.05, 3.63) is 54.0 Å². The number of ether oxygens (including phenoxy) is 1. The number of thiophene rings is 1. The Morgan fingerprint density at radius 2 is 1.78 bits per heavy atom. The molecule has 2 aromatic heterocycles. The molecule has 0 spiro atoms. The van der Waals surface area contributed by atoms with Gasteiger partial charge in [-0.3, -0.25) is 0 Å². The Labute approximate surface area is 163 Å². The highest BCUT2D eigenvalue weighted by atomic mass is 32.2. The molecule has 0 N–H and O–H groups in total. The Bertz CT molecular complexity index is 1000. The first-order valence-electron chi connectivity index (χ1n) is 8.80. The first kappa shape index (κ1) is 18.4. The molecule has 0 aliphatic carbocycles. The van der Waals surface area contributed by atoms with Crippen molar-refractivity contribution in [1.82, 2.24) is 14.1 Å². The predicted molar refractivity (Wildman–Crippen MR) is 106 cm³/mol. The van der Waals surface area contributed by atoms with E-state index in [0.717, 1.165) is 10.6 Å². The molecule has 0 bridgehead atoms. The van der Waals surface area contributed by atoms with E-state index in [0.29, 0.717) is 18.8 Å².